The van der Waals surface area contributed by atoms with Crippen molar-refractivity contribution in [2.75, 3.05) is 20.1 Å². The monoisotopic (exact) mass is 277 g/mol. The van der Waals surface area contributed by atoms with E-state index in [1.807, 2.05) is 0 Å². The lowest BCUT2D eigenvalue weighted by atomic mass is 10.1. The van der Waals surface area contributed by atoms with Crippen LogP contribution in [0.15, 0.2) is 18.2 Å². The maximum absolute atomic E-state index is 12.3. The third-order valence-corrected chi connectivity index (χ3v) is 3.66. The van der Waals surface area contributed by atoms with Crippen molar-refractivity contribution in [3.05, 3.63) is 39.4 Å². The number of rotatable bonds is 4. The van der Waals surface area contributed by atoms with Crippen LogP contribution in [0.1, 0.15) is 28.8 Å². The van der Waals surface area contributed by atoms with Gasteiger partial charge in [-0.2, -0.15) is 0 Å². The van der Waals surface area contributed by atoms with Gasteiger partial charge >= 0.3 is 0 Å². The standard InChI is InChI=1S/C14H19N3O3/c1-10-5-6-11(8-13(10)17(19)20)14(18)16(2)9-12-4-3-7-15-12/h5-6,8,12,15H,3-4,7,9H2,1-2H3. The minimum Gasteiger partial charge on any atom is -0.340 e. The molecule has 1 aliphatic heterocycles. The third kappa shape index (κ3) is 3.14. The van der Waals surface area contributed by atoms with Gasteiger partial charge in [-0.3, -0.25) is 14.9 Å². The summed E-state index contributed by atoms with van der Waals surface area (Å²) in [4.78, 5) is 24.4. The lowest BCUT2D eigenvalue weighted by molar-refractivity contribution is -0.385. The van der Waals surface area contributed by atoms with E-state index in [0.29, 0.717) is 23.7 Å². The van der Waals surface area contributed by atoms with Gasteiger partial charge in [0, 0.05) is 36.8 Å². The van der Waals surface area contributed by atoms with Crippen molar-refractivity contribution >= 4 is 11.6 Å². The highest BCUT2D eigenvalue weighted by molar-refractivity contribution is 5.94. The molecule has 1 unspecified atom stereocenters. The summed E-state index contributed by atoms with van der Waals surface area (Å²) in [6.45, 7) is 3.28. The second-order valence-corrected chi connectivity index (χ2v) is 5.24. The number of aryl methyl sites for hydroxylation is 1. The maximum atomic E-state index is 12.3. The van der Waals surface area contributed by atoms with Crippen molar-refractivity contribution in [1.82, 2.24) is 10.2 Å². The first-order valence-electron chi connectivity index (χ1n) is 6.73. The Kier molecular flexibility index (Phi) is 4.34. The summed E-state index contributed by atoms with van der Waals surface area (Å²) in [7, 11) is 1.73. The normalized spacial score (nSPS) is 18.0. The molecule has 6 nitrogen and oxygen atoms in total. The summed E-state index contributed by atoms with van der Waals surface area (Å²) in [5.41, 5.74) is 0.915. The fraction of sp³-hybridized carbons (Fsp3) is 0.500. The Hall–Kier alpha value is -1.95. The smallest absolute Gasteiger partial charge is 0.273 e. The number of amides is 1. The fourth-order valence-electron chi connectivity index (χ4n) is 2.49. The summed E-state index contributed by atoms with van der Waals surface area (Å²) < 4.78 is 0. The van der Waals surface area contributed by atoms with E-state index >= 15 is 0 Å². The van der Waals surface area contributed by atoms with Gasteiger partial charge in [0.05, 0.1) is 4.92 Å². The van der Waals surface area contributed by atoms with Crippen molar-refractivity contribution in [3.63, 3.8) is 0 Å². The number of benzene rings is 1. The fourth-order valence-corrected chi connectivity index (χ4v) is 2.49. The molecule has 1 aromatic rings. The highest BCUT2D eigenvalue weighted by Crippen LogP contribution is 2.20. The van der Waals surface area contributed by atoms with E-state index in [0.717, 1.165) is 19.4 Å². The van der Waals surface area contributed by atoms with Gasteiger partial charge < -0.3 is 10.2 Å². The van der Waals surface area contributed by atoms with Crippen LogP contribution in [0.3, 0.4) is 0 Å². The largest absolute Gasteiger partial charge is 0.340 e. The lowest BCUT2D eigenvalue weighted by Crippen LogP contribution is -2.38. The molecule has 1 aromatic carbocycles. The van der Waals surface area contributed by atoms with Gasteiger partial charge in [0.2, 0.25) is 0 Å². The highest BCUT2D eigenvalue weighted by Gasteiger charge is 2.21. The van der Waals surface area contributed by atoms with E-state index < -0.39 is 4.92 Å². The topological polar surface area (TPSA) is 75.5 Å². The number of hydrogen-bond acceptors (Lipinski definition) is 4. The summed E-state index contributed by atoms with van der Waals surface area (Å²) in [5, 5.41) is 14.2. The van der Waals surface area contributed by atoms with E-state index in [9.17, 15) is 14.9 Å². The minimum atomic E-state index is -0.454. The maximum Gasteiger partial charge on any atom is 0.273 e. The molecule has 6 heteroatoms. The van der Waals surface area contributed by atoms with Gasteiger partial charge in [0.15, 0.2) is 0 Å². The quantitative estimate of drug-likeness (QED) is 0.671. The molecule has 2 rings (SSSR count). The zero-order valence-corrected chi connectivity index (χ0v) is 11.8. The van der Waals surface area contributed by atoms with E-state index in [1.54, 1.807) is 31.0 Å². The van der Waals surface area contributed by atoms with Crippen molar-refractivity contribution in [2.45, 2.75) is 25.8 Å². The van der Waals surface area contributed by atoms with Gasteiger partial charge in [-0.25, -0.2) is 0 Å². The number of carbonyl (C=O) groups is 1. The molecule has 1 heterocycles. The van der Waals surface area contributed by atoms with Gasteiger partial charge in [0.1, 0.15) is 0 Å². The van der Waals surface area contributed by atoms with Crippen molar-refractivity contribution in [2.24, 2.45) is 0 Å². The molecule has 1 fully saturated rings. The number of nitrogens with zero attached hydrogens (tertiary/aromatic N) is 2. The van der Waals surface area contributed by atoms with Crippen molar-refractivity contribution in [3.8, 4) is 0 Å². The first kappa shape index (κ1) is 14.5. The van der Waals surface area contributed by atoms with Crippen molar-refractivity contribution in [1.29, 1.82) is 0 Å². The summed E-state index contributed by atoms with van der Waals surface area (Å²) in [6, 6.07) is 4.94. The molecule has 1 saturated heterocycles. The van der Waals surface area contributed by atoms with E-state index in [1.165, 1.54) is 6.07 Å². The lowest BCUT2D eigenvalue weighted by Gasteiger charge is -2.21. The predicted octanol–water partition coefficient (Wildman–Crippen LogP) is 1.73. The summed E-state index contributed by atoms with van der Waals surface area (Å²) >= 11 is 0. The molecule has 0 aliphatic carbocycles. The summed E-state index contributed by atoms with van der Waals surface area (Å²) in [6.07, 6.45) is 2.19. The van der Waals surface area contributed by atoms with E-state index in [-0.39, 0.29) is 11.6 Å². The second kappa shape index (κ2) is 6.00. The Bertz CT molecular complexity index is 524. The molecule has 0 radical (unpaired) electrons. The Morgan fingerprint density at radius 1 is 1.55 bits per heavy atom. The molecule has 1 amide bonds. The third-order valence-electron chi connectivity index (χ3n) is 3.66. The van der Waals surface area contributed by atoms with Gasteiger partial charge in [-0.05, 0) is 32.4 Å². The number of nitro groups is 1. The second-order valence-electron chi connectivity index (χ2n) is 5.24. The van der Waals surface area contributed by atoms with Crippen LogP contribution in [0.2, 0.25) is 0 Å². The Morgan fingerprint density at radius 2 is 2.30 bits per heavy atom. The molecule has 0 aromatic heterocycles. The zero-order chi connectivity index (χ0) is 14.7. The van der Waals surface area contributed by atoms with Crippen LogP contribution in [0.4, 0.5) is 5.69 Å². The minimum absolute atomic E-state index is 0.0109. The van der Waals surface area contributed by atoms with E-state index in [2.05, 4.69) is 5.32 Å². The van der Waals surface area contributed by atoms with Crippen LogP contribution in [-0.2, 0) is 0 Å². The van der Waals surface area contributed by atoms with Crippen molar-refractivity contribution < 1.29 is 9.72 Å². The van der Waals surface area contributed by atoms with Crippen LogP contribution < -0.4 is 5.32 Å². The molecule has 1 atom stereocenters. The predicted molar refractivity (Wildman–Crippen MR) is 75.8 cm³/mol. The van der Waals surface area contributed by atoms with E-state index in [4.69, 9.17) is 0 Å². The molecule has 0 bridgehead atoms. The zero-order valence-electron chi connectivity index (χ0n) is 11.8. The Labute approximate surface area is 117 Å². The number of carbonyl (C=O) groups excluding carboxylic acids is 1. The SMILES string of the molecule is Cc1ccc(C(=O)N(C)CC2CCCN2)cc1[N+](=O)[O-]. The molecule has 1 aliphatic rings. The first-order chi connectivity index (χ1) is 9.49. The molecule has 0 saturated carbocycles. The molecular formula is C14H19N3O3. The first-order valence-corrected chi connectivity index (χ1v) is 6.73. The van der Waals surface area contributed by atoms with Crippen LogP contribution in [0, 0.1) is 17.0 Å². The van der Waals surface area contributed by atoms with Crippen LogP contribution >= 0.6 is 0 Å². The average molecular weight is 277 g/mol. The van der Waals surface area contributed by atoms with Crippen LogP contribution in [0.25, 0.3) is 0 Å². The van der Waals surface area contributed by atoms with Gasteiger partial charge in [-0.15, -0.1) is 0 Å². The number of hydrogen-bond donors (Lipinski definition) is 1. The van der Waals surface area contributed by atoms with Crippen LogP contribution in [-0.4, -0.2) is 41.9 Å². The summed E-state index contributed by atoms with van der Waals surface area (Å²) in [5.74, 6) is -0.179. The number of likely N-dealkylation sites (N-methyl/N-ethyl adjacent to an activating group) is 1. The molecule has 20 heavy (non-hydrogen) atoms. The molecule has 0 spiro atoms. The Balaban J connectivity index is 2.11. The number of nitro benzene ring substituents is 1. The Morgan fingerprint density at radius 3 is 2.90 bits per heavy atom. The molecule has 1 N–H and O–H groups in total. The van der Waals surface area contributed by atoms with Gasteiger partial charge in [0.25, 0.3) is 11.6 Å². The van der Waals surface area contributed by atoms with Gasteiger partial charge in [-0.1, -0.05) is 6.07 Å². The number of nitrogens with one attached hydrogen (secondary N) is 1. The molecular weight excluding hydrogens is 258 g/mol. The van der Waals surface area contributed by atoms with Crippen LogP contribution in [0.5, 0.6) is 0 Å². The molecule has 108 valence electrons. The highest BCUT2D eigenvalue weighted by atomic mass is 16.6. The average Bonchev–Trinajstić information content (AvgIpc) is 2.91.